The molecule has 1 saturated heterocycles. The minimum atomic E-state index is -0.738. The van der Waals surface area contributed by atoms with Crippen molar-refractivity contribution in [1.29, 1.82) is 0 Å². The zero-order chi connectivity index (χ0) is 21.8. The highest BCUT2D eigenvalue weighted by molar-refractivity contribution is 6.33. The van der Waals surface area contributed by atoms with Crippen LogP contribution < -0.4 is 4.74 Å². The van der Waals surface area contributed by atoms with Crippen molar-refractivity contribution in [3.8, 4) is 17.0 Å². The van der Waals surface area contributed by atoms with Crippen LogP contribution in [-0.2, 0) is 0 Å². The first-order valence-electron chi connectivity index (χ1n) is 10.1. The molecule has 0 bridgehead atoms. The van der Waals surface area contributed by atoms with Crippen molar-refractivity contribution < 1.29 is 14.8 Å². The van der Waals surface area contributed by atoms with Crippen LogP contribution in [-0.4, -0.2) is 50.7 Å². The second kappa shape index (κ2) is 9.47. The van der Waals surface area contributed by atoms with E-state index in [9.17, 15) is 15.2 Å². The monoisotopic (exact) mass is 442 g/mol. The molecular formula is C22H23ClN4O4. The number of nitro groups is 1. The van der Waals surface area contributed by atoms with Gasteiger partial charge in [-0.05, 0) is 31.5 Å². The highest BCUT2D eigenvalue weighted by Crippen LogP contribution is 2.33. The summed E-state index contributed by atoms with van der Waals surface area (Å²) >= 11 is 6.30. The molecule has 4 rings (SSSR count). The van der Waals surface area contributed by atoms with Crippen LogP contribution >= 0.6 is 11.6 Å². The number of rotatable bonds is 8. The molecule has 1 fully saturated rings. The fourth-order valence-electron chi connectivity index (χ4n) is 3.88. The molecule has 1 aliphatic heterocycles. The zero-order valence-corrected chi connectivity index (χ0v) is 17.5. The zero-order valence-electron chi connectivity index (χ0n) is 16.8. The first kappa shape index (κ1) is 21.3. The molecule has 2 N–H and O–H groups in total. The summed E-state index contributed by atoms with van der Waals surface area (Å²) in [6, 6.07) is 13.6. The Morgan fingerprint density at radius 1 is 1.32 bits per heavy atom. The molecule has 0 radical (unpaired) electrons. The van der Waals surface area contributed by atoms with E-state index in [2.05, 4.69) is 14.9 Å². The molecule has 31 heavy (non-hydrogen) atoms. The number of imidazole rings is 1. The number of aliphatic hydroxyl groups is 1. The Balaban J connectivity index is 1.37. The minimum absolute atomic E-state index is 0.0428. The van der Waals surface area contributed by atoms with Crippen molar-refractivity contribution in [3.63, 3.8) is 0 Å². The Morgan fingerprint density at radius 2 is 2.16 bits per heavy atom. The van der Waals surface area contributed by atoms with E-state index < -0.39 is 11.0 Å². The number of aliphatic hydroxyl groups excluding tert-OH is 1. The van der Waals surface area contributed by atoms with E-state index in [1.54, 1.807) is 18.3 Å². The summed E-state index contributed by atoms with van der Waals surface area (Å²) in [6.45, 7) is 1.32. The fourth-order valence-corrected chi connectivity index (χ4v) is 4.12. The van der Waals surface area contributed by atoms with Crippen molar-refractivity contribution >= 4 is 17.3 Å². The van der Waals surface area contributed by atoms with Crippen LogP contribution in [0, 0.1) is 10.1 Å². The number of ether oxygens (including phenoxy) is 1. The molecule has 8 nitrogen and oxygen atoms in total. The normalized spacial score (nSPS) is 17.5. The summed E-state index contributed by atoms with van der Waals surface area (Å²) in [4.78, 5) is 20.5. The van der Waals surface area contributed by atoms with Crippen LogP contribution in [0.1, 0.15) is 24.7 Å². The highest BCUT2D eigenvalue weighted by Gasteiger charge is 2.30. The van der Waals surface area contributed by atoms with Gasteiger partial charge in [-0.2, -0.15) is 0 Å². The van der Waals surface area contributed by atoms with Gasteiger partial charge in [-0.25, -0.2) is 4.98 Å². The number of aromatic amines is 1. The van der Waals surface area contributed by atoms with Gasteiger partial charge in [0.1, 0.15) is 24.3 Å². The van der Waals surface area contributed by atoms with Crippen molar-refractivity contribution in [2.75, 3.05) is 19.7 Å². The highest BCUT2D eigenvalue weighted by atomic mass is 35.5. The van der Waals surface area contributed by atoms with Gasteiger partial charge >= 0.3 is 0 Å². The van der Waals surface area contributed by atoms with Gasteiger partial charge in [0.05, 0.1) is 28.9 Å². The van der Waals surface area contributed by atoms with E-state index in [1.165, 1.54) is 12.1 Å². The lowest BCUT2D eigenvalue weighted by atomic mass is 10.2. The van der Waals surface area contributed by atoms with Crippen LogP contribution in [0.25, 0.3) is 11.3 Å². The summed E-state index contributed by atoms with van der Waals surface area (Å²) in [7, 11) is 0. The molecule has 0 amide bonds. The third-order valence-electron chi connectivity index (χ3n) is 5.35. The molecule has 0 saturated carbocycles. The van der Waals surface area contributed by atoms with Crippen LogP contribution in [0.3, 0.4) is 0 Å². The third kappa shape index (κ3) is 5.04. The Hall–Kier alpha value is -2.94. The van der Waals surface area contributed by atoms with E-state index in [-0.39, 0.29) is 18.3 Å². The third-order valence-corrected chi connectivity index (χ3v) is 5.68. The number of aromatic nitrogens is 2. The van der Waals surface area contributed by atoms with Gasteiger partial charge < -0.3 is 14.8 Å². The van der Waals surface area contributed by atoms with Gasteiger partial charge in [-0.1, -0.05) is 35.9 Å². The van der Waals surface area contributed by atoms with E-state index in [0.717, 1.165) is 36.5 Å². The fraction of sp³-hybridized carbons (Fsp3) is 0.318. The number of likely N-dealkylation sites (tertiary alicyclic amines) is 1. The lowest BCUT2D eigenvalue weighted by molar-refractivity contribution is -0.384. The molecule has 0 aliphatic carbocycles. The van der Waals surface area contributed by atoms with Crippen LogP contribution in [0.4, 0.5) is 5.69 Å². The molecule has 1 aliphatic rings. The molecule has 3 aromatic rings. The number of β-amino-alcohol motifs (C(OH)–C–C–N with tert-alkyl or cyclic N) is 1. The number of nitrogens with one attached hydrogen (secondary N) is 1. The van der Waals surface area contributed by atoms with Crippen molar-refractivity contribution in [2.45, 2.75) is 25.0 Å². The molecule has 2 heterocycles. The molecule has 0 unspecified atom stereocenters. The van der Waals surface area contributed by atoms with Crippen LogP contribution in [0.15, 0.2) is 54.7 Å². The lowest BCUT2D eigenvalue weighted by Crippen LogP contribution is -2.35. The number of halogens is 1. The van der Waals surface area contributed by atoms with Crippen molar-refractivity contribution in [2.24, 2.45) is 0 Å². The second-order valence-electron chi connectivity index (χ2n) is 7.53. The maximum absolute atomic E-state index is 10.9. The van der Waals surface area contributed by atoms with Crippen molar-refractivity contribution in [3.05, 3.63) is 75.7 Å². The summed E-state index contributed by atoms with van der Waals surface area (Å²) in [5.41, 5.74) is 1.72. The number of non-ortho nitro benzene ring substituents is 1. The van der Waals surface area contributed by atoms with E-state index >= 15 is 0 Å². The Labute approximate surface area is 184 Å². The number of nitrogens with zero attached hydrogens (tertiary/aromatic N) is 3. The smallest absolute Gasteiger partial charge is 0.273 e. The molecule has 162 valence electrons. The summed E-state index contributed by atoms with van der Waals surface area (Å²) in [5.74, 6) is 1.21. The first-order valence-corrected chi connectivity index (χ1v) is 10.5. The summed E-state index contributed by atoms with van der Waals surface area (Å²) < 4.78 is 5.57. The Morgan fingerprint density at radius 3 is 2.97 bits per heavy atom. The number of benzene rings is 2. The van der Waals surface area contributed by atoms with Crippen LogP contribution in [0.5, 0.6) is 5.75 Å². The Bertz CT molecular complexity index is 1060. The summed E-state index contributed by atoms with van der Waals surface area (Å²) in [5, 5.41) is 22.0. The van der Waals surface area contributed by atoms with Gasteiger partial charge in [0, 0.05) is 23.2 Å². The molecule has 2 atom stereocenters. The van der Waals surface area contributed by atoms with Gasteiger partial charge in [0.15, 0.2) is 0 Å². The number of hydrogen-bond acceptors (Lipinski definition) is 6. The molecular weight excluding hydrogens is 420 g/mol. The standard InChI is InChI=1S/C22H23ClN4O4/c23-19-8-2-1-7-18(19)20-12-24-22(25-20)21-9-4-10-26(21)13-16(28)14-31-17-6-3-5-15(11-17)27(29)30/h1-3,5-8,11-12,16,21,28H,4,9-10,13-14H2,(H,24,25)/t16-,21-/m1/s1. The average molecular weight is 443 g/mol. The van der Waals surface area contributed by atoms with E-state index in [0.29, 0.717) is 17.3 Å². The van der Waals surface area contributed by atoms with Gasteiger partial charge in [0.25, 0.3) is 5.69 Å². The largest absolute Gasteiger partial charge is 0.491 e. The first-order chi connectivity index (χ1) is 15.0. The minimum Gasteiger partial charge on any atom is -0.491 e. The van der Waals surface area contributed by atoms with Crippen molar-refractivity contribution in [1.82, 2.24) is 14.9 Å². The SMILES string of the molecule is O=[N+]([O-])c1cccc(OC[C@H](O)CN2CCC[C@@H]2c2ncc(-c3ccccc3Cl)[nH]2)c1. The lowest BCUT2D eigenvalue weighted by Gasteiger charge is -2.25. The number of H-pyrrole nitrogens is 1. The predicted octanol–water partition coefficient (Wildman–Crippen LogP) is 4.22. The predicted molar refractivity (Wildman–Crippen MR) is 117 cm³/mol. The average Bonchev–Trinajstić information content (AvgIpc) is 3.42. The second-order valence-corrected chi connectivity index (χ2v) is 7.94. The molecule has 9 heteroatoms. The maximum atomic E-state index is 10.9. The summed E-state index contributed by atoms with van der Waals surface area (Å²) in [6.07, 6.45) is 2.99. The van der Waals surface area contributed by atoms with Gasteiger partial charge in [0.2, 0.25) is 0 Å². The number of hydrogen-bond donors (Lipinski definition) is 2. The van der Waals surface area contributed by atoms with E-state index in [4.69, 9.17) is 16.3 Å². The molecule has 2 aromatic carbocycles. The molecule has 0 spiro atoms. The quantitative estimate of drug-likeness (QED) is 0.400. The van der Waals surface area contributed by atoms with Gasteiger partial charge in [-0.15, -0.1) is 0 Å². The Kier molecular flexibility index (Phi) is 6.50. The number of nitro benzene ring substituents is 1. The van der Waals surface area contributed by atoms with E-state index in [1.807, 2.05) is 24.3 Å². The topological polar surface area (TPSA) is 105 Å². The molecule has 1 aromatic heterocycles. The maximum Gasteiger partial charge on any atom is 0.273 e. The van der Waals surface area contributed by atoms with Crippen LogP contribution in [0.2, 0.25) is 5.02 Å². The van der Waals surface area contributed by atoms with Gasteiger partial charge in [-0.3, -0.25) is 15.0 Å².